The molecule has 1 heterocycles. The molecule has 5 heteroatoms. The minimum Gasteiger partial charge on any atom is -0.326 e. The maximum atomic E-state index is 12.6. The molecule has 2 aromatic carbocycles. The first-order valence-electron chi connectivity index (χ1n) is 9.61. The summed E-state index contributed by atoms with van der Waals surface area (Å²) >= 11 is 1.66. The number of fused-ring (bicyclic) bond motifs is 1. The average molecular weight is 381 g/mol. The van der Waals surface area contributed by atoms with Crippen LogP contribution in [0.15, 0.2) is 42.5 Å². The first-order chi connectivity index (χ1) is 13.2. The number of thioether (sulfide) groups is 1. The molecule has 140 valence electrons. The number of aryl methyl sites for hydroxylation is 2. The quantitative estimate of drug-likeness (QED) is 0.818. The summed E-state index contributed by atoms with van der Waals surface area (Å²) in [7, 11) is 0. The van der Waals surface area contributed by atoms with E-state index in [1.54, 1.807) is 11.8 Å². The predicted molar refractivity (Wildman–Crippen MR) is 111 cm³/mol. The summed E-state index contributed by atoms with van der Waals surface area (Å²) in [6.45, 7) is 1.99. The second-order valence-corrected chi connectivity index (χ2v) is 8.22. The molecule has 1 saturated heterocycles. The van der Waals surface area contributed by atoms with Gasteiger partial charge < -0.3 is 5.32 Å². The zero-order valence-electron chi connectivity index (χ0n) is 15.5. The van der Waals surface area contributed by atoms with Gasteiger partial charge in [-0.3, -0.25) is 14.5 Å². The minimum absolute atomic E-state index is 0.0163. The Morgan fingerprint density at radius 2 is 1.93 bits per heavy atom. The molecule has 4 rings (SSSR count). The number of carbonyl (C=O) groups excluding carboxylic acids is 2. The highest BCUT2D eigenvalue weighted by atomic mass is 32.2. The van der Waals surface area contributed by atoms with Crippen molar-refractivity contribution >= 4 is 35.0 Å². The Kier molecular flexibility index (Phi) is 5.21. The van der Waals surface area contributed by atoms with Gasteiger partial charge in [0.2, 0.25) is 11.8 Å². The number of anilines is 2. The average Bonchev–Trinajstić information content (AvgIpc) is 3.28. The third-order valence-electron chi connectivity index (χ3n) is 5.18. The first-order valence-corrected chi connectivity index (χ1v) is 10.7. The van der Waals surface area contributed by atoms with Gasteiger partial charge in [-0.25, -0.2) is 0 Å². The van der Waals surface area contributed by atoms with E-state index in [-0.39, 0.29) is 17.2 Å². The van der Waals surface area contributed by atoms with Gasteiger partial charge in [0.25, 0.3) is 0 Å². The second kappa shape index (κ2) is 7.77. The van der Waals surface area contributed by atoms with Gasteiger partial charge in [0.1, 0.15) is 5.37 Å². The van der Waals surface area contributed by atoms with Crippen LogP contribution in [0.1, 0.15) is 48.3 Å². The Bertz CT molecular complexity index is 863. The van der Waals surface area contributed by atoms with Crippen LogP contribution >= 0.6 is 11.8 Å². The number of hydrogen-bond donors (Lipinski definition) is 1. The molecule has 2 aromatic rings. The fourth-order valence-electron chi connectivity index (χ4n) is 3.84. The molecule has 0 spiro atoms. The number of hydrogen-bond acceptors (Lipinski definition) is 3. The third-order valence-corrected chi connectivity index (χ3v) is 6.40. The lowest BCUT2D eigenvalue weighted by Crippen LogP contribution is -2.27. The Morgan fingerprint density at radius 1 is 1.15 bits per heavy atom. The molecule has 27 heavy (non-hydrogen) atoms. The zero-order valence-corrected chi connectivity index (χ0v) is 16.3. The number of amides is 2. The number of nitrogens with one attached hydrogen (secondary N) is 1. The van der Waals surface area contributed by atoms with Crippen LogP contribution in [0.3, 0.4) is 0 Å². The highest BCUT2D eigenvalue weighted by molar-refractivity contribution is 8.00. The highest BCUT2D eigenvalue weighted by Gasteiger charge is 2.34. The van der Waals surface area contributed by atoms with Gasteiger partial charge in [0.05, 0.1) is 5.75 Å². The first kappa shape index (κ1) is 18.1. The fourth-order valence-corrected chi connectivity index (χ4v) is 5.02. The van der Waals surface area contributed by atoms with E-state index in [9.17, 15) is 9.59 Å². The van der Waals surface area contributed by atoms with Gasteiger partial charge in [-0.05, 0) is 66.6 Å². The number of rotatable bonds is 5. The molecular weight excluding hydrogens is 356 g/mol. The zero-order chi connectivity index (χ0) is 18.8. The molecule has 0 saturated carbocycles. The van der Waals surface area contributed by atoms with Crippen molar-refractivity contribution in [2.75, 3.05) is 16.0 Å². The molecule has 0 bridgehead atoms. The smallest absolute Gasteiger partial charge is 0.238 e. The van der Waals surface area contributed by atoms with Gasteiger partial charge in [-0.15, -0.1) is 11.8 Å². The lowest BCUT2D eigenvalue weighted by atomic mass is 10.1. The summed E-state index contributed by atoms with van der Waals surface area (Å²) in [6, 6.07) is 14.3. The van der Waals surface area contributed by atoms with Crippen LogP contribution in [0.4, 0.5) is 11.4 Å². The van der Waals surface area contributed by atoms with Crippen LogP contribution in [-0.2, 0) is 22.4 Å². The summed E-state index contributed by atoms with van der Waals surface area (Å²) in [5.41, 5.74) is 5.68. The fraction of sp³-hybridized carbons (Fsp3) is 0.364. The van der Waals surface area contributed by atoms with Crippen molar-refractivity contribution in [1.82, 2.24) is 0 Å². The van der Waals surface area contributed by atoms with Crippen molar-refractivity contribution in [3.63, 3.8) is 0 Å². The summed E-state index contributed by atoms with van der Waals surface area (Å²) in [5.74, 6) is 0.690. The van der Waals surface area contributed by atoms with Gasteiger partial charge >= 0.3 is 0 Å². The SMILES string of the molecule is CCCC(=O)Nc1ccc([C@@H]2SCC(=O)N2c2ccc3c(c2)CCC3)cc1. The number of carbonyl (C=O) groups is 2. The van der Waals surface area contributed by atoms with Gasteiger partial charge in [0, 0.05) is 17.8 Å². The van der Waals surface area contributed by atoms with Crippen LogP contribution in [0.25, 0.3) is 0 Å². The van der Waals surface area contributed by atoms with Crippen molar-refractivity contribution < 1.29 is 9.59 Å². The molecule has 2 amide bonds. The van der Waals surface area contributed by atoms with E-state index in [2.05, 4.69) is 23.5 Å². The van der Waals surface area contributed by atoms with Crippen LogP contribution in [0.2, 0.25) is 0 Å². The lowest BCUT2D eigenvalue weighted by molar-refractivity contribution is -0.116. The molecule has 2 aliphatic rings. The highest BCUT2D eigenvalue weighted by Crippen LogP contribution is 2.42. The van der Waals surface area contributed by atoms with Crippen LogP contribution in [-0.4, -0.2) is 17.6 Å². The molecule has 1 aliphatic heterocycles. The van der Waals surface area contributed by atoms with Crippen LogP contribution < -0.4 is 10.2 Å². The molecular formula is C22H24N2O2S. The Hall–Kier alpha value is -2.27. The molecule has 0 unspecified atom stereocenters. The molecule has 1 N–H and O–H groups in total. The standard InChI is InChI=1S/C22H24N2O2S/c1-2-4-20(25)23-18-10-7-16(8-11-18)22-24(21(26)14-27-22)19-12-9-15-5-3-6-17(15)13-19/h7-13,22H,2-6,14H2,1H3,(H,23,25)/t22-/m0/s1. The molecule has 1 atom stereocenters. The summed E-state index contributed by atoms with van der Waals surface area (Å²) < 4.78 is 0. The van der Waals surface area contributed by atoms with Crippen molar-refractivity contribution in [1.29, 1.82) is 0 Å². The van der Waals surface area contributed by atoms with Gasteiger partial charge in [-0.2, -0.15) is 0 Å². The van der Waals surface area contributed by atoms with E-state index in [4.69, 9.17) is 0 Å². The van der Waals surface area contributed by atoms with E-state index in [1.165, 1.54) is 17.5 Å². The van der Waals surface area contributed by atoms with Gasteiger partial charge in [0.15, 0.2) is 0 Å². The Labute approximate surface area is 164 Å². The van der Waals surface area contributed by atoms with Crippen molar-refractivity contribution in [3.8, 4) is 0 Å². The number of nitrogens with zero attached hydrogens (tertiary/aromatic N) is 1. The molecule has 4 nitrogen and oxygen atoms in total. The van der Waals surface area contributed by atoms with Crippen LogP contribution in [0, 0.1) is 0 Å². The largest absolute Gasteiger partial charge is 0.326 e. The Morgan fingerprint density at radius 3 is 2.70 bits per heavy atom. The Balaban J connectivity index is 1.55. The monoisotopic (exact) mass is 380 g/mol. The van der Waals surface area contributed by atoms with E-state index in [0.29, 0.717) is 12.2 Å². The van der Waals surface area contributed by atoms with E-state index in [0.717, 1.165) is 36.2 Å². The topological polar surface area (TPSA) is 49.4 Å². The normalized spacial score (nSPS) is 18.6. The van der Waals surface area contributed by atoms with Crippen molar-refractivity contribution in [3.05, 3.63) is 59.2 Å². The molecule has 0 aromatic heterocycles. The predicted octanol–water partition coefficient (Wildman–Crippen LogP) is 4.69. The number of benzene rings is 2. The molecule has 1 aliphatic carbocycles. The summed E-state index contributed by atoms with van der Waals surface area (Å²) in [4.78, 5) is 26.3. The maximum absolute atomic E-state index is 12.6. The third kappa shape index (κ3) is 3.74. The minimum atomic E-state index is -0.0163. The second-order valence-electron chi connectivity index (χ2n) is 7.15. The van der Waals surface area contributed by atoms with E-state index >= 15 is 0 Å². The molecule has 0 radical (unpaired) electrons. The lowest BCUT2D eigenvalue weighted by Gasteiger charge is -2.25. The van der Waals surface area contributed by atoms with E-state index in [1.807, 2.05) is 36.1 Å². The molecule has 1 fully saturated rings. The van der Waals surface area contributed by atoms with Crippen LogP contribution in [0.5, 0.6) is 0 Å². The summed E-state index contributed by atoms with van der Waals surface area (Å²) in [5, 5.41) is 2.90. The van der Waals surface area contributed by atoms with Gasteiger partial charge in [-0.1, -0.05) is 25.1 Å². The summed E-state index contributed by atoms with van der Waals surface area (Å²) in [6.07, 6.45) is 4.82. The van der Waals surface area contributed by atoms with Crippen molar-refractivity contribution in [2.45, 2.75) is 44.4 Å². The van der Waals surface area contributed by atoms with E-state index < -0.39 is 0 Å². The van der Waals surface area contributed by atoms with Crippen molar-refractivity contribution in [2.24, 2.45) is 0 Å². The maximum Gasteiger partial charge on any atom is 0.238 e.